The second kappa shape index (κ2) is 8.54. The van der Waals surface area contributed by atoms with Crippen molar-refractivity contribution < 1.29 is 14.3 Å². The predicted molar refractivity (Wildman–Crippen MR) is 119 cm³/mol. The second-order valence-electron chi connectivity index (χ2n) is 7.56. The molecule has 9 nitrogen and oxygen atoms in total. The molecule has 3 heterocycles. The maximum absolute atomic E-state index is 12.3. The van der Waals surface area contributed by atoms with E-state index in [-0.39, 0.29) is 19.1 Å². The Morgan fingerprint density at radius 3 is 2.75 bits per heavy atom. The van der Waals surface area contributed by atoms with Crippen molar-refractivity contribution >= 4 is 23.1 Å². The summed E-state index contributed by atoms with van der Waals surface area (Å²) < 4.78 is 12.4. The minimum absolute atomic E-state index is 0.0808. The van der Waals surface area contributed by atoms with Crippen LogP contribution in [0.15, 0.2) is 54.6 Å². The number of aromatic nitrogens is 4. The van der Waals surface area contributed by atoms with E-state index in [4.69, 9.17) is 9.47 Å². The Kier molecular flexibility index (Phi) is 5.29. The van der Waals surface area contributed by atoms with E-state index < -0.39 is 0 Å². The van der Waals surface area contributed by atoms with Gasteiger partial charge in [0, 0.05) is 25.1 Å². The molecule has 162 valence electrons. The Bertz CT molecular complexity index is 1270. The molecule has 2 aromatic heterocycles. The molecule has 0 atom stereocenters. The van der Waals surface area contributed by atoms with Crippen LogP contribution < -0.4 is 20.1 Å². The largest absolute Gasteiger partial charge is 0.454 e. The number of fused-ring (bicyclic) bond motifs is 2. The summed E-state index contributed by atoms with van der Waals surface area (Å²) in [5.41, 5.74) is 3.60. The fourth-order valence-corrected chi connectivity index (χ4v) is 3.41. The van der Waals surface area contributed by atoms with E-state index in [1.54, 1.807) is 4.52 Å². The van der Waals surface area contributed by atoms with Crippen LogP contribution in [-0.2, 0) is 17.8 Å². The number of aryl methyl sites for hydroxylation is 2. The van der Waals surface area contributed by atoms with Gasteiger partial charge < -0.3 is 20.1 Å². The fourth-order valence-electron chi connectivity index (χ4n) is 3.41. The van der Waals surface area contributed by atoms with Gasteiger partial charge in [-0.3, -0.25) is 4.79 Å². The Hall–Kier alpha value is -4.14. The third-order valence-corrected chi connectivity index (χ3v) is 5.15. The lowest BCUT2D eigenvalue weighted by molar-refractivity contribution is -0.116. The van der Waals surface area contributed by atoms with Crippen molar-refractivity contribution in [3.63, 3.8) is 0 Å². The van der Waals surface area contributed by atoms with Crippen LogP contribution in [-0.4, -0.2) is 32.5 Å². The first-order valence-electron chi connectivity index (χ1n) is 10.3. The van der Waals surface area contributed by atoms with Crippen molar-refractivity contribution in [2.24, 2.45) is 0 Å². The van der Waals surface area contributed by atoms with Gasteiger partial charge in [-0.25, -0.2) is 0 Å². The molecule has 4 aromatic rings. The highest BCUT2D eigenvalue weighted by atomic mass is 16.7. The average Bonchev–Trinajstić information content (AvgIpc) is 3.44. The van der Waals surface area contributed by atoms with Crippen LogP contribution in [0.3, 0.4) is 0 Å². The van der Waals surface area contributed by atoms with Crippen LogP contribution in [0.1, 0.15) is 23.4 Å². The van der Waals surface area contributed by atoms with Crippen molar-refractivity contribution in [2.75, 3.05) is 17.4 Å². The highest BCUT2D eigenvalue weighted by Gasteiger charge is 2.14. The van der Waals surface area contributed by atoms with Crippen LogP contribution in [0.25, 0.3) is 5.65 Å². The summed E-state index contributed by atoms with van der Waals surface area (Å²) in [5.74, 6) is 2.74. The second-order valence-corrected chi connectivity index (χ2v) is 7.56. The smallest absolute Gasteiger partial charge is 0.231 e. The summed E-state index contributed by atoms with van der Waals surface area (Å²) in [6, 6.07) is 17.2. The summed E-state index contributed by atoms with van der Waals surface area (Å²) in [7, 11) is 0. The van der Waals surface area contributed by atoms with Crippen LogP contribution in [0.4, 0.5) is 11.5 Å². The van der Waals surface area contributed by atoms with Crippen molar-refractivity contribution in [3.05, 3.63) is 71.5 Å². The number of hydrogen-bond acceptors (Lipinski definition) is 7. The molecule has 0 unspecified atom stereocenters. The first-order chi connectivity index (χ1) is 15.6. The number of nitrogens with one attached hydrogen (secondary N) is 2. The normalized spacial score (nSPS) is 12.2. The van der Waals surface area contributed by atoms with Crippen molar-refractivity contribution in [1.82, 2.24) is 19.8 Å². The van der Waals surface area contributed by atoms with Gasteiger partial charge in [0.15, 0.2) is 23.0 Å². The molecule has 0 spiro atoms. The van der Waals surface area contributed by atoms with Gasteiger partial charge in [0.25, 0.3) is 0 Å². The van der Waals surface area contributed by atoms with E-state index >= 15 is 0 Å². The molecule has 1 aliphatic rings. The molecule has 0 radical (unpaired) electrons. The summed E-state index contributed by atoms with van der Waals surface area (Å²) in [6.45, 7) is 2.84. The third-order valence-electron chi connectivity index (χ3n) is 5.15. The molecule has 32 heavy (non-hydrogen) atoms. The minimum atomic E-state index is -0.0808. The maximum Gasteiger partial charge on any atom is 0.231 e. The lowest BCUT2D eigenvalue weighted by atomic mass is 10.2. The molecule has 9 heteroatoms. The summed E-state index contributed by atoms with van der Waals surface area (Å²) in [5, 5.41) is 19.1. The SMILES string of the molecule is Cc1ccc(NC(=O)CCc2nnc3ccc(NCc4ccc5c(c4)OCO5)nn23)cc1. The lowest BCUT2D eigenvalue weighted by Gasteiger charge is -2.08. The first kappa shape index (κ1) is 19.8. The molecule has 1 aliphatic heterocycles. The number of nitrogens with zero attached hydrogens (tertiary/aromatic N) is 4. The van der Waals surface area contributed by atoms with Gasteiger partial charge in [0.1, 0.15) is 5.82 Å². The number of carbonyl (C=O) groups excluding carboxylic acids is 1. The Labute approximate surface area is 184 Å². The molecule has 0 saturated carbocycles. The van der Waals surface area contributed by atoms with E-state index in [1.165, 1.54) is 0 Å². The van der Waals surface area contributed by atoms with E-state index in [2.05, 4.69) is 25.9 Å². The topological polar surface area (TPSA) is 103 Å². The van der Waals surface area contributed by atoms with Crippen molar-refractivity contribution in [2.45, 2.75) is 26.3 Å². The Morgan fingerprint density at radius 2 is 1.88 bits per heavy atom. The Morgan fingerprint density at radius 1 is 1.03 bits per heavy atom. The number of ether oxygens (including phenoxy) is 2. The standard InChI is InChI=1S/C23H22N6O3/c1-15-2-5-17(6-3-15)25-23(30)11-10-22-27-26-21-9-8-20(28-29(21)22)24-13-16-4-7-18-19(12-16)32-14-31-18/h2-9,12H,10-11,13-14H2,1H3,(H,24,28)(H,25,30). The molecule has 2 aromatic carbocycles. The van der Waals surface area contributed by atoms with Gasteiger partial charge in [-0.2, -0.15) is 4.52 Å². The first-order valence-corrected chi connectivity index (χ1v) is 10.3. The van der Waals surface area contributed by atoms with Crippen LogP contribution in [0.2, 0.25) is 0 Å². The molecule has 1 amide bonds. The molecular weight excluding hydrogens is 408 g/mol. The van der Waals surface area contributed by atoms with E-state index in [1.807, 2.05) is 61.5 Å². The van der Waals surface area contributed by atoms with Crippen molar-refractivity contribution in [3.8, 4) is 11.5 Å². The highest BCUT2D eigenvalue weighted by molar-refractivity contribution is 5.90. The molecule has 0 saturated heterocycles. The molecule has 5 rings (SSSR count). The summed E-state index contributed by atoms with van der Waals surface area (Å²) >= 11 is 0. The lowest BCUT2D eigenvalue weighted by Crippen LogP contribution is -2.13. The van der Waals surface area contributed by atoms with E-state index in [0.717, 1.165) is 28.3 Å². The average molecular weight is 430 g/mol. The zero-order valence-corrected chi connectivity index (χ0v) is 17.5. The van der Waals surface area contributed by atoms with E-state index in [9.17, 15) is 4.79 Å². The van der Waals surface area contributed by atoms with Gasteiger partial charge in [-0.15, -0.1) is 15.3 Å². The molecular formula is C23H22N6O3. The van der Waals surface area contributed by atoms with E-state index in [0.29, 0.717) is 30.3 Å². The van der Waals surface area contributed by atoms with Gasteiger partial charge in [0.2, 0.25) is 12.7 Å². The number of hydrogen-bond donors (Lipinski definition) is 2. The molecule has 2 N–H and O–H groups in total. The van der Waals surface area contributed by atoms with Gasteiger partial charge in [-0.1, -0.05) is 23.8 Å². The van der Waals surface area contributed by atoms with Gasteiger partial charge in [-0.05, 0) is 48.9 Å². The summed E-state index contributed by atoms with van der Waals surface area (Å²) in [6.07, 6.45) is 0.711. The number of anilines is 2. The van der Waals surface area contributed by atoms with Gasteiger partial charge >= 0.3 is 0 Å². The Balaban J connectivity index is 1.22. The van der Waals surface area contributed by atoms with Crippen LogP contribution in [0, 0.1) is 6.92 Å². The quantitative estimate of drug-likeness (QED) is 0.463. The van der Waals surface area contributed by atoms with Crippen LogP contribution in [0.5, 0.6) is 11.5 Å². The fraction of sp³-hybridized carbons (Fsp3) is 0.217. The van der Waals surface area contributed by atoms with Crippen molar-refractivity contribution in [1.29, 1.82) is 0 Å². The van der Waals surface area contributed by atoms with Gasteiger partial charge in [0.05, 0.1) is 0 Å². The molecule has 0 fully saturated rings. The van der Waals surface area contributed by atoms with Crippen LogP contribution >= 0.6 is 0 Å². The summed E-state index contributed by atoms with van der Waals surface area (Å²) in [4.78, 5) is 12.3. The zero-order valence-electron chi connectivity index (χ0n) is 17.5. The zero-order chi connectivity index (χ0) is 21.9. The minimum Gasteiger partial charge on any atom is -0.454 e. The maximum atomic E-state index is 12.3. The third kappa shape index (κ3) is 4.31. The highest BCUT2D eigenvalue weighted by Crippen LogP contribution is 2.32. The number of amides is 1. The monoisotopic (exact) mass is 430 g/mol. The number of benzene rings is 2. The number of carbonyl (C=O) groups is 1. The predicted octanol–water partition coefficient (Wildman–Crippen LogP) is 3.34. The molecule has 0 bridgehead atoms. The number of rotatable bonds is 7. The molecule has 0 aliphatic carbocycles.